The Bertz CT molecular complexity index is 984. The van der Waals surface area contributed by atoms with Gasteiger partial charge in [0.05, 0.1) is 18.7 Å². The van der Waals surface area contributed by atoms with E-state index >= 15 is 0 Å². The van der Waals surface area contributed by atoms with E-state index in [9.17, 15) is 9.90 Å². The van der Waals surface area contributed by atoms with Crippen LogP contribution in [0.5, 0.6) is 0 Å². The summed E-state index contributed by atoms with van der Waals surface area (Å²) in [6, 6.07) is 5.30. The summed E-state index contributed by atoms with van der Waals surface area (Å²) in [4.78, 5) is 19.4. The van der Waals surface area contributed by atoms with E-state index in [2.05, 4.69) is 20.3 Å². The number of aliphatic hydroxyl groups excluding tert-OH is 1. The molecule has 0 bridgehead atoms. The van der Waals surface area contributed by atoms with Crippen molar-refractivity contribution in [3.63, 3.8) is 0 Å². The monoisotopic (exact) mass is 394 g/mol. The maximum Gasteiger partial charge on any atom is 0.251 e. The fraction of sp³-hybridized carbons (Fsp3) is 0.476. The third-order valence-electron chi connectivity index (χ3n) is 6.40. The van der Waals surface area contributed by atoms with Gasteiger partial charge < -0.3 is 19.7 Å². The predicted octanol–water partition coefficient (Wildman–Crippen LogP) is 1.03. The van der Waals surface area contributed by atoms with Gasteiger partial charge >= 0.3 is 0 Å². The first-order chi connectivity index (χ1) is 14.2. The summed E-state index contributed by atoms with van der Waals surface area (Å²) >= 11 is 0. The lowest BCUT2D eigenvalue weighted by Gasteiger charge is -2.35. The molecule has 0 spiro atoms. The molecule has 4 heterocycles. The molecule has 3 aromatic rings. The number of amides is 1. The summed E-state index contributed by atoms with van der Waals surface area (Å²) < 4.78 is 3.82. The number of likely N-dealkylation sites (tertiary alicyclic amines) is 1. The highest BCUT2D eigenvalue weighted by molar-refractivity contribution is 5.95. The number of aliphatic hydroxyl groups is 1. The van der Waals surface area contributed by atoms with E-state index in [1.165, 1.54) is 0 Å². The molecule has 8 heteroatoms. The van der Waals surface area contributed by atoms with Crippen molar-refractivity contribution >= 4 is 11.6 Å². The molecule has 5 rings (SSSR count). The van der Waals surface area contributed by atoms with Gasteiger partial charge in [-0.05, 0) is 42.9 Å². The first-order valence-electron chi connectivity index (χ1n) is 10.3. The van der Waals surface area contributed by atoms with Crippen LogP contribution < -0.4 is 5.32 Å². The van der Waals surface area contributed by atoms with E-state index in [1.807, 2.05) is 33.7 Å². The number of nitrogens with one attached hydrogen (secondary N) is 1. The summed E-state index contributed by atoms with van der Waals surface area (Å²) in [5, 5.41) is 18.0. The van der Waals surface area contributed by atoms with Gasteiger partial charge in [-0.15, -0.1) is 0 Å². The summed E-state index contributed by atoms with van der Waals surface area (Å²) in [5.41, 5.74) is 1.32. The zero-order valence-electron chi connectivity index (χ0n) is 16.3. The van der Waals surface area contributed by atoms with Crippen molar-refractivity contribution in [2.24, 2.45) is 11.8 Å². The van der Waals surface area contributed by atoms with Gasteiger partial charge in [0.15, 0.2) is 0 Å². The topological polar surface area (TPSA) is 87.7 Å². The number of fused-ring (bicyclic) bond motifs is 2. The largest absolute Gasteiger partial charge is 0.391 e. The minimum atomic E-state index is -0.499. The minimum Gasteiger partial charge on any atom is -0.391 e. The quantitative estimate of drug-likeness (QED) is 0.675. The SMILES string of the molecule is O=C(N[C@H]1C[C@H]2CN(CCn3cccn3)C[C@H]2C[C@@H]1O)c1ccn2ccnc2c1. The number of rotatable bonds is 5. The van der Waals surface area contributed by atoms with Gasteiger partial charge in [-0.25, -0.2) is 4.98 Å². The van der Waals surface area contributed by atoms with Crippen LogP contribution in [0, 0.1) is 11.8 Å². The van der Waals surface area contributed by atoms with Crippen molar-refractivity contribution in [1.82, 2.24) is 29.4 Å². The molecule has 4 atom stereocenters. The summed E-state index contributed by atoms with van der Waals surface area (Å²) in [6.45, 7) is 3.88. The van der Waals surface area contributed by atoms with Crippen LogP contribution in [0.1, 0.15) is 23.2 Å². The first kappa shape index (κ1) is 18.3. The highest BCUT2D eigenvalue weighted by Gasteiger charge is 2.42. The fourth-order valence-electron chi connectivity index (χ4n) is 4.85. The number of carbonyl (C=O) groups is 1. The van der Waals surface area contributed by atoms with Crippen LogP contribution >= 0.6 is 0 Å². The average molecular weight is 394 g/mol. The van der Waals surface area contributed by atoms with Crippen molar-refractivity contribution in [3.8, 4) is 0 Å². The lowest BCUT2D eigenvalue weighted by atomic mass is 9.77. The Labute approximate surface area is 169 Å². The molecule has 1 aliphatic heterocycles. The highest BCUT2D eigenvalue weighted by atomic mass is 16.3. The normalized spacial score (nSPS) is 27.2. The molecule has 2 fully saturated rings. The molecule has 1 saturated heterocycles. The number of hydrogen-bond donors (Lipinski definition) is 2. The second-order valence-corrected chi connectivity index (χ2v) is 8.28. The molecule has 0 unspecified atom stereocenters. The van der Waals surface area contributed by atoms with Gasteiger partial charge in [-0.3, -0.25) is 9.48 Å². The predicted molar refractivity (Wildman–Crippen MR) is 107 cm³/mol. The number of aromatic nitrogens is 4. The second kappa shape index (κ2) is 7.61. The molecule has 1 saturated carbocycles. The van der Waals surface area contributed by atoms with E-state index in [4.69, 9.17) is 0 Å². The van der Waals surface area contributed by atoms with E-state index in [-0.39, 0.29) is 11.9 Å². The summed E-state index contributed by atoms with van der Waals surface area (Å²) in [5.74, 6) is 0.861. The van der Waals surface area contributed by atoms with Crippen LogP contribution in [0.25, 0.3) is 5.65 Å². The van der Waals surface area contributed by atoms with Gasteiger partial charge in [0.2, 0.25) is 0 Å². The molecule has 8 nitrogen and oxygen atoms in total. The van der Waals surface area contributed by atoms with Crippen LogP contribution in [-0.4, -0.2) is 66.9 Å². The molecule has 0 aromatic carbocycles. The van der Waals surface area contributed by atoms with Crippen molar-refractivity contribution in [1.29, 1.82) is 0 Å². The molecule has 1 amide bonds. The number of nitrogens with zero attached hydrogens (tertiary/aromatic N) is 5. The third-order valence-corrected chi connectivity index (χ3v) is 6.40. The molecule has 1 aliphatic carbocycles. The zero-order chi connectivity index (χ0) is 19.8. The van der Waals surface area contributed by atoms with Crippen LogP contribution in [0.4, 0.5) is 0 Å². The van der Waals surface area contributed by atoms with E-state index in [1.54, 1.807) is 24.5 Å². The van der Waals surface area contributed by atoms with Crippen molar-refractivity contribution in [2.75, 3.05) is 19.6 Å². The van der Waals surface area contributed by atoms with Crippen molar-refractivity contribution in [2.45, 2.75) is 31.5 Å². The van der Waals surface area contributed by atoms with Crippen LogP contribution in [0.2, 0.25) is 0 Å². The van der Waals surface area contributed by atoms with E-state index < -0.39 is 6.10 Å². The molecule has 3 aromatic heterocycles. The highest BCUT2D eigenvalue weighted by Crippen LogP contribution is 2.36. The molecular formula is C21H26N6O2. The standard InChI is InChI=1S/C21H26N6O2/c28-19-11-17-14-25(8-9-27-5-1-3-23-27)13-16(17)10-18(19)24-21(29)15-2-6-26-7-4-22-20(26)12-15/h1-7,12,16-19,28H,8-11,13-14H2,(H,24,29)/t16-,17+,18-,19-/m0/s1. The maximum atomic E-state index is 12.7. The molecule has 2 aliphatic rings. The van der Waals surface area contributed by atoms with Crippen LogP contribution in [0.15, 0.2) is 49.2 Å². The van der Waals surface area contributed by atoms with E-state index in [0.29, 0.717) is 17.4 Å². The van der Waals surface area contributed by atoms with Gasteiger partial charge in [0.1, 0.15) is 5.65 Å². The Morgan fingerprint density at radius 3 is 2.83 bits per heavy atom. The zero-order valence-corrected chi connectivity index (χ0v) is 16.3. The second-order valence-electron chi connectivity index (χ2n) is 8.28. The van der Waals surface area contributed by atoms with Crippen molar-refractivity contribution in [3.05, 3.63) is 54.7 Å². The Morgan fingerprint density at radius 1 is 1.14 bits per heavy atom. The Kier molecular flexibility index (Phi) is 4.81. The molecule has 0 radical (unpaired) electrons. The number of hydrogen-bond acceptors (Lipinski definition) is 5. The van der Waals surface area contributed by atoms with Gasteiger partial charge in [0, 0.05) is 56.2 Å². The minimum absolute atomic E-state index is 0.147. The van der Waals surface area contributed by atoms with Crippen molar-refractivity contribution < 1.29 is 9.90 Å². The Hall–Kier alpha value is -2.71. The molecule has 29 heavy (non-hydrogen) atoms. The lowest BCUT2D eigenvalue weighted by Crippen LogP contribution is -2.49. The lowest BCUT2D eigenvalue weighted by molar-refractivity contribution is 0.0461. The fourth-order valence-corrected chi connectivity index (χ4v) is 4.85. The number of imidazole rings is 1. The Balaban J connectivity index is 1.19. The molecule has 152 valence electrons. The van der Waals surface area contributed by atoms with E-state index in [0.717, 1.165) is 44.7 Å². The van der Waals surface area contributed by atoms with Crippen LogP contribution in [0.3, 0.4) is 0 Å². The van der Waals surface area contributed by atoms with Crippen LogP contribution in [-0.2, 0) is 6.54 Å². The smallest absolute Gasteiger partial charge is 0.251 e. The summed E-state index contributed by atoms with van der Waals surface area (Å²) in [7, 11) is 0. The average Bonchev–Trinajstić information content (AvgIpc) is 3.46. The maximum absolute atomic E-state index is 12.7. The van der Waals surface area contributed by atoms with Gasteiger partial charge in [0.25, 0.3) is 5.91 Å². The van der Waals surface area contributed by atoms with Gasteiger partial charge in [-0.1, -0.05) is 0 Å². The molecular weight excluding hydrogens is 368 g/mol. The summed E-state index contributed by atoms with van der Waals surface area (Å²) in [6.07, 6.45) is 10.2. The third kappa shape index (κ3) is 3.77. The number of carbonyl (C=O) groups excluding carboxylic acids is 1. The number of pyridine rings is 1. The molecule has 2 N–H and O–H groups in total. The Morgan fingerprint density at radius 2 is 2.00 bits per heavy atom. The first-order valence-corrected chi connectivity index (χ1v) is 10.3. The van der Waals surface area contributed by atoms with Gasteiger partial charge in [-0.2, -0.15) is 5.10 Å².